The van der Waals surface area contributed by atoms with Gasteiger partial charge in [-0.1, -0.05) is 23.7 Å². The fourth-order valence-electron chi connectivity index (χ4n) is 3.98. The Labute approximate surface area is 143 Å². The van der Waals surface area contributed by atoms with E-state index in [-0.39, 0.29) is 11.4 Å². The molecule has 1 aromatic rings. The minimum Gasteiger partial charge on any atom is -0.384 e. The minimum atomic E-state index is 0.158. The van der Waals surface area contributed by atoms with Gasteiger partial charge in [0, 0.05) is 37.3 Å². The Morgan fingerprint density at radius 2 is 2.22 bits per heavy atom. The lowest BCUT2D eigenvalue weighted by molar-refractivity contribution is -0.131. The van der Waals surface area contributed by atoms with Gasteiger partial charge in [0.1, 0.15) is 0 Å². The van der Waals surface area contributed by atoms with Crippen LogP contribution in [0.1, 0.15) is 31.2 Å². The molecule has 5 heteroatoms. The Kier molecular flexibility index (Phi) is 5.24. The van der Waals surface area contributed by atoms with Crippen LogP contribution in [0.3, 0.4) is 0 Å². The highest BCUT2D eigenvalue weighted by atomic mass is 35.5. The molecule has 0 aromatic heterocycles. The second-order valence-corrected chi connectivity index (χ2v) is 7.12. The number of hydrogen-bond donors (Lipinski definition) is 0. The summed E-state index contributed by atoms with van der Waals surface area (Å²) < 4.78 is 5.03. The standard InChI is InChI=1S/C18H25ClN2O2/c1-23-11-6-17(22)20-10-8-18(14-20)7-3-9-21(18)13-15-4-2-5-16(19)12-15/h2,4-5,12H,3,6-11,13-14H2,1H3/t18-/m0/s1. The predicted molar refractivity (Wildman–Crippen MR) is 91.5 cm³/mol. The van der Waals surface area contributed by atoms with E-state index < -0.39 is 0 Å². The van der Waals surface area contributed by atoms with Crippen LogP contribution in [0.15, 0.2) is 24.3 Å². The highest BCUT2D eigenvalue weighted by Gasteiger charge is 2.46. The molecular formula is C18H25ClN2O2. The molecule has 1 amide bonds. The van der Waals surface area contributed by atoms with Crippen molar-refractivity contribution in [3.05, 3.63) is 34.9 Å². The fourth-order valence-corrected chi connectivity index (χ4v) is 4.19. The molecular weight excluding hydrogens is 312 g/mol. The van der Waals surface area contributed by atoms with E-state index in [0.717, 1.165) is 37.6 Å². The second-order valence-electron chi connectivity index (χ2n) is 6.69. The van der Waals surface area contributed by atoms with Crippen LogP contribution in [-0.4, -0.2) is 54.6 Å². The van der Waals surface area contributed by atoms with Crippen LogP contribution in [0.4, 0.5) is 0 Å². The maximum atomic E-state index is 12.3. The number of ether oxygens (including phenoxy) is 1. The summed E-state index contributed by atoms with van der Waals surface area (Å²) in [4.78, 5) is 16.8. The number of halogens is 1. The number of rotatable bonds is 5. The third kappa shape index (κ3) is 3.70. The van der Waals surface area contributed by atoms with Crippen molar-refractivity contribution in [2.45, 2.75) is 37.8 Å². The molecule has 2 saturated heterocycles. The maximum absolute atomic E-state index is 12.3. The van der Waals surface area contributed by atoms with Gasteiger partial charge in [0.15, 0.2) is 0 Å². The normalized spacial score (nSPS) is 24.7. The first kappa shape index (κ1) is 16.7. The number of hydrogen-bond acceptors (Lipinski definition) is 3. The van der Waals surface area contributed by atoms with Crippen LogP contribution in [0.25, 0.3) is 0 Å². The number of carbonyl (C=O) groups is 1. The van der Waals surface area contributed by atoms with E-state index in [0.29, 0.717) is 13.0 Å². The lowest BCUT2D eigenvalue weighted by Gasteiger charge is -2.35. The van der Waals surface area contributed by atoms with Gasteiger partial charge in [-0.25, -0.2) is 0 Å². The van der Waals surface area contributed by atoms with E-state index in [1.54, 1.807) is 7.11 Å². The van der Waals surface area contributed by atoms with Crippen molar-refractivity contribution in [1.29, 1.82) is 0 Å². The van der Waals surface area contributed by atoms with Crippen LogP contribution in [0.5, 0.6) is 0 Å². The smallest absolute Gasteiger partial charge is 0.224 e. The van der Waals surface area contributed by atoms with Gasteiger partial charge in [-0.2, -0.15) is 0 Å². The monoisotopic (exact) mass is 336 g/mol. The minimum absolute atomic E-state index is 0.158. The number of nitrogens with zero attached hydrogens (tertiary/aromatic N) is 2. The molecule has 0 unspecified atom stereocenters. The van der Waals surface area contributed by atoms with Crippen molar-refractivity contribution in [1.82, 2.24) is 9.80 Å². The van der Waals surface area contributed by atoms with Crippen LogP contribution >= 0.6 is 11.6 Å². The van der Waals surface area contributed by atoms with Crippen LogP contribution in [-0.2, 0) is 16.1 Å². The molecule has 2 aliphatic heterocycles. The second kappa shape index (κ2) is 7.20. The molecule has 23 heavy (non-hydrogen) atoms. The predicted octanol–water partition coefficient (Wildman–Crippen LogP) is 2.94. The Morgan fingerprint density at radius 1 is 1.35 bits per heavy atom. The third-order valence-electron chi connectivity index (χ3n) is 5.21. The van der Waals surface area contributed by atoms with Gasteiger partial charge in [0.25, 0.3) is 0 Å². The number of amides is 1. The Morgan fingerprint density at radius 3 is 3.00 bits per heavy atom. The maximum Gasteiger partial charge on any atom is 0.224 e. The summed E-state index contributed by atoms with van der Waals surface area (Å²) in [5.41, 5.74) is 1.41. The molecule has 2 fully saturated rings. The molecule has 1 aromatic carbocycles. The van der Waals surface area contributed by atoms with Crippen molar-refractivity contribution in [3.63, 3.8) is 0 Å². The van der Waals surface area contributed by atoms with Gasteiger partial charge in [-0.3, -0.25) is 9.69 Å². The van der Waals surface area contributed by atoms with Crippen molar-refractivity contribution < 1.29 is 9.53 Å². The highest BCUT2D eigenvalue weighted by molar-refractivity contribution is 6.30. The van der Waals surface area contributed by atoms with Gasteiger partial charge >= 0.3 is 0 Å². The topological polar surface area (TPSA) is 32.8 Å². The molecule has 3 rings (SSSR count). The molecule has 2 aliphatic rings. The van der Waals surface area contributed by atoms with E-state index in [9.17, 15) is 4.79 Å². The Bertz CT molecular complexity index is 566. The first-order valence-corrected chi connectivity index (χ1v) is 8.77. The Balaban J connectivity index is 1.65. The van der Waals surface area contributed by atoms with Gasteiger partial charge in [0.2, 0.25) is 5.91 Å². The number of likely N-dealkylation sites (tertiary alicyclic amines) is 2. The van der Waals surface area contributed by atoms with E-state index in [1.807, 2.05) is 23.1 Å². The van der Waals surface area contributed by atoms with E-state index in [1.165, 1.54) is 18.4 Å². The number of methoxy groups -OCH3 is 1. The third-order valence-corrected chi connectivity index (χ3v) is 5.44. The molecule has 1 atom stereocenters. The molecule has 0 saturated carbocycles. The van der Waals surface area contributed by atoms with E-state index in [2.05, 4.69) is 11.0 Å². The summed E-state index contributed by atoms with van der Waals surface area (Å²) in [5.74, 6) is 0.221. The molecule has 0 aliphatic carbocycles. The van der Waals surface area contributed by atoms with Crippen molar-refractivity contribution in [3.8, 4) is 0 Å². The number of carbonyl (C=O) groups excluding carboxylic acids is 1. The molecule has 1 spiro atoms. The molecule has 126 valence electrons. The quantitative estimate of drug-likeness (QED) is 0.828. The molecule has 0 bridgehead atoms. The highest BCUT2D eigenvalue weighted by Crippen LogP contribution is 2.38. The molecule has 0 radical (unpaired) electrons. The summed E-state index contributed by atoms with van der Waals surface area (Å²) in [5, 5.41) is 0.790. The average Bonchev–Trinajstić information content (AvgIpc) is 3.13. The molecule has 0 N–H and O–H groups in total. The zero-order valence-electron chi connectivity index (χ0n) is 13.8. The van der Waals surface area contributed by atoms with Gasteiger partial charge in [0.05, 0.1) is 13.0 Å². The fraction of sp³-hybridized carbons (Fsp3) is 0.611. The summed E-state index contributed by atoms with van der Waals surface area (Å²) in [6.07, 6.45) is 3.95. The van der Waals surface area contributed by atoms with Crippen molar-refractivity contribution >= 4 is 17.5 Å². The molecule has 2 heterocycles. The van der Waals surface area contributed by atoms with Crippen LogP contribution in [0, 0.1) is 0 Å². The van der Waals surface area contributed by atoms with Gasteiger partial charge in [-0.05, 0) is 43.5 Å². The van der Waals surface area contributed by atoms with Crippen molar-refractivity contribution in [2.75, 3.05) is 33.4 Å². The summed E-state index contributed by atoms with van der Waals surface area (Å²) in [7, 11) is 1.64. The van der Waals surface area contributed by atoms with Gasteiger partial charge in [-0.15, -0.1) is 0 Å². The largest absolute Gasteiger partial charge is 0.384 e. The van der Waals surface area contributed by atoms with E-state index in [4.69, 9.17) is 16.3 Å². The zero-order chi connectivity index (χ0) is 16.3. The first-order chi connectivity index (χ1) is 11.1. The lowest BCUT2D eigenvalue weighted by Crippen LogP contribution is -2.46. The zero-order valence-corrected chi connectivity index (χ0v) is 14.5. The lowest BCUT2D eigenvalue weighted by atomic mass is 9.94. The summed E-state index contributed by atoms with van der Waals surface area (Å²) >= 11 is 6.11. The summed E-state index contributed by atoms with van der Waals surface area (Å²) in [6, 6.07) is 8.10. The molecule has 4 nitrogen and oxygen atoms in total. The van der Waals surface area contributed by atoms with Crippen molar-refractivity contribution in [2.24, 2.45) is 0 Å². The van der Waals surface area contributed by atoms with Crippen LogP contribution < -0.4 is 0 Å². The SMILES string of the molecule is COCCC(=O)N1CC[C@@]2(CCCN2Cc2cccc(Cl)c2)C1. The Hall–Kier alpha value is -1.10. The first-order valence-electron chi connectivity index (χ1n) is 8.39. The summed E-state index contributed by atoms with van der Waals surface area (Å²) in [6.45, 7) is 4.26. The number of benzene rings is 1. The van der Waals surface area contributed by atoms with Gasteiger partial charge < -0.3 is 9.64 Å². The van der Waals surface area contributed by atoms with E-state index >= 15 is 0 Å². The average molecular weight is 337 g/mol. The van der Waals surface area contributed by atoms with Crippen LogP contribution in [0.2, 0.25) is 5.02 Å².